The molecule has 2 rings (SSSR count). The van der Waals surface area contributed by atoms with Crippen LogP contribution in [0.15, 0.2) is 0 Å². The first-order chi connectivity index (χ1) is 12.3. The molecule has 2 fully saturated rings. The number of alkyl halides is 9. The van der Waals surface area contributed by atoms with Gasteiger partial charge in [0.15, 0.2) is 0 Å². The first kappa shape index (κ1) is 22.7. The minimum atomic E-state index is -6.78. The van der Waals surface area contributed by atoms with Crippen molar-refractivity contribution in [2.24, 2.45) is 23.7 Å². The van der Waals surface area contributed by atoms with E-state index in [2.05, 4.69) is 6.92 Å². The van der Waals surface area contributed by atoms with Crippen molar-refractivity contribution in [1.82, 2.24) is 0 Å². The predicted molar refractivity (Wildman–Crippen MR) is 82.1 cm³/mol. The summed E-state index contributed by atoms with van der Waals surface area (Å²) in [4.78, 5) is 0. The molecule has 0 saturated heterocycles. The van der Waals surface area contributed by atoms with Crippen molar-refractivity contribution in [2.75, 3.05) is 0 Å². The SMILES string of the molecule is CC[C@H]1CC[C@H]([C@H]2CC[C@H](C(F)(F)C(F)(F)C(F)(F)C(F)(F)F)CC2)CC1. The second kappa shape index (κ2) is 7.65. The standard InChI is InChI=1S/C18H25F9/c1-2-11-3-5-12(6-4-11)13-7-9-14(10-8-13)15(19,20)16(21,22)17(23,24)18(25,26)27/h11-14H,2-10H2,1H3/t11-,12-,13-,14-. The van der Waals surface area contributed by atoms with E-state index in [0.717, 1.165) is 32.1 Å². The molecule has 0 unspecified atom stereocenters. The summed E-state index contributed by atoms with van der Waals surface area (Å²) in [6, 6.07) is 0. The molecular weight excluding hydrogens is 387 g/mol. The molecule has 0 aromatic carbocycles. The molecule has 27 heavy (non-hydrogen) atoms. The van der Waals surface area contributed by atoms with Crippen LogP contribution < -0.4 is 0 Å². The molecule has 0 radical (unpaired) electrons. The van der Waals surface area contributed by atoms with E-state index in [9.17, 15) is 39.5 Å². The summed E-state index contributed by atoms with van der Waals surface area (Å²) in [6.45, 7) is 2.09. The van der Waals surface area contributed by atoms with Gasteiger partial charge in [0.2, 0.25) is 0 Å². The Hall–Kier alpha value is -0.630. The van der Waals surface area contributed by atoms with Crippen molar-refractivity contribution in [1.29, 1.82) is 0 Å². The van der Waals surface area contributed by atoms with E-state index in [0.29, 0.717) is 11.8 Å². The third-order valence-electron chi connectivity index (χ3n) is 6.59. The average Bonchev–Trinajstić information content (AvgIpc) is 2.60. The quantitative estimate of drug-likeness (QED) is 0.411. The van der Waals surface area contributed by atoms with Gasteiger partial charge in [-0.05, 0) is 56.3 Å². The molecule has 2 aliphatic carbocycles. The molecule has 0 heterocycles. The second-order valence-corrected chi connectivity index (χ2v) is 8.07. The van der Waals surface area contributed by atoms with E-state index < -0.39 is 42.7 Å². The van der Waals surface area contributed by atoms with Gasteiger partial charge in [0.05, 0.1) is 0 Å². The van der Waals surface area contributed by atoms with Gasteiger partial charge in [-0.2, -0.15) is 39.5 Å². The molecule has 160 valence electrons. The maximum Gasteiger partial charge on any atom is 0.460 e. The lowest BCUT2D eigenvalue weighted by Crippen LogP contribution is -2.63. The van der Waals surface area contributed by atoms with E-state index in [1.807, 2.05) is 0 Å². The second-order valence-electron chi connectivity index (χ2n) is 8.07. The van der Waals surface area contributed by atoms with Crippen molar-refractivity contribution in [3.05, 3.63) is 0 Å². The molecule has 2 saturated carbocycles. The third kappa shape index (κ3) is 4.07. The molecular formula is C18H25F9. The highest BCUT2D eigenvalue weighted by Crippen LogP contribution is 2.57. The van der Waals surface area contributed by atoms with Gasteiger partial charge in [0.25, 0.3) is 0 Å². The van der Waals surface area contributed by atoms with E-state index in [1.54, 1.807) is 0 Å². The van der Waals surface area contributed by atoms with Crippen molar-refractivity contribution in [2.45, 2.75) is 88.7 Å². The highest BCUT2D eigenvalue weighted by Gasteiger charge is 2.82. The van der Waals surface area contributed by atoms with Crippen LogP contribution in [0.5, 0.6) is 0 Å². The Morgan fingerprint density at radius 3 is 1.37 bits per heavy atom. The Kier molecular flexibility index (Phi) is 6.42. The van der Waals surface area contributed by atoms with Crippen LogP contribution in [0.25, 0.3) is 0 Å². The molecule has 0 nitrogen and oxygen atoms in total. The Balaban J connectivity index is 2.02. The zero-order chi connectivity index (χ0) is 20.7. The fraction of sp³-hybridized carbons (Fsp3) is 1.00. The van der Waals surface area contributed by atoms with Gasteiger partial charge in [-0.25, -0.2) is 0 Å². The molecule has 0 aromatic rings. The lowest BCUT2D eigenvalue weighted by atomic mass is 9.67. The van der Waals surface area contributed by atoms with Crippen LogP contribution in [0.3, 0.4) is 0 Å². The molecule has 9 heteroatoms. The van der Waals surface area contributed by atoms with Crippen molar-refractivity contribution < 1.29 is 39.5 Å². The highest BCUT2D eigenvalue weighted by atomic mass is 19.4. The van der Waals surface area contributed by atoms with Gasteiger partial charge in [0.1, 0.15) is 0 Å². The monoisotopic (exact) mass is 412 g/mol. The van der Waals surface area contributed by atoms with Crippen LogP contribution in [0.4, 0.5) is 39.5 Å². The summed E-state index contributed by atoms with van der Waals surface area (Å²) in [5.41, 5.74) is 0. The van der Waals surface area contributed by atoms with Gasteiger partial charge in [0, 0.05) is 5.92 Å². The number of rotatable bonds is 5. The summed E-state index contributed by atoms with van der Waals surface area (Å²) in [7, 11) is 0. The molecule has 0 aliphatic heterocycles. The van der Waals surface area contributed by atoms with Crippen LogP contribution in [0.2, 0.25) is 0 Å². The van der Waals surface area contributed by atoms with E-state index in [-0.39, 0.29) is 18.8 Å². The number of hydrogen-bond acceptors (Lipinski definition) is 0. The fourth-order valence-corrected chi connectivity index (χ4v) is 4.66. The minimum Gasteiger partial charge on any atom is -0.199 e. The molecule has 2 aliphatic rings. The lowest BCUT2D eigenvalue weighted by Gasteiger charge is -2.42. The van der Waals surface area contributed by atoms with Crippen molar-refractivity contribution >= 4 is 0 Å². The molecule has 0 N–H and O–H groups in total. The summed E-state index contributed by atoms with van der Waals surface area (Å²) in [5.74, 6) is -19.9. The third-order valence-corrected chi connectivity index (χ3v) is 6.59. The minimum absolute atomic E-state index is 0.0478. The molecule has 0 spiro atoms. The zero-order valence-corrected chi connectivity index (χ0v) is 15.1. The smallest absolute Gasteiger partial charge is 0.199 e. The normalized spacial score (nSPS) is 31.8. The Bertz CT molecular complexity index is 482. The maximum absolute atomic E-state index is 14.0. The average molecular weight is 412 g/mol. The molecule has 0 aromatic heterocycles. The summed E-state index contributed by atoms with van der Waals surface area (Å²) >= 11 is 0. The highest BCUT2D eigenvalue weighted by molar-refractivity contribution is 5.03. The van der Waals surface area contributed by atoms with Crippen molar-refractivity contribution in [3.8, 4) is 0 Å². The summed E-state index contributed by atoms with van der Waals surface area (Å²) < 4.78 is 118. The summed E-state index contributed by atoms with van der Waals surface area (Å²) in [5, 5.41) is 0. The molecule has 0 bridgehead atoms. The first-order valence-corrected chi connectivity index (χ1v) is 9.45. The Morgan fingerprint density at radius 2 is 1.00 bits per heavy atom. The lowest BCUT2D eigenvalue weighted by molar-refractivity contribution is -0.404. The Labute approximate surface area is 152 Å². The molecule has 0 amide bonds. The molecule has 0 atom stereocenters. The topological polar surface area (TPSA) is 0 Å². The van der Waals surface area contributed by atoms with Gasteiger partial charge in [-0.3, -0.25) is 0 Å². The number of halogens is 9. The van der Waals surface area contributed by atoms with E-state index >= 15 is 0 Å². The maximum atomic E-state index is 14.0. The summed E-state index contributed by atoms with van der Waals surface area (Å²) in [6.07, 6.45) is -2.39. The van der Waals surface area contributed by atoms with Crippen LogP contribution in [-0.2, 0) is 0 Å². The van der Waals surface area contributed by atoms with Crippen LogP contribution >= 0.6 is 0 Å². The van der Waals surface area contributed by atoms with Gasteiger partial charge in [-0.1, -0.05) is 26.2 Å². The van der Waals surface area contributed by atoms with Crippen LogP contribution in [0.1, 0.15) is 64.7 Å². The first-order valence-electron chi connectivity index (χ1n) is 9.45. The van der Waals surface area contributed by atoms with Gasteiger partial charge < -0.3 is 0 Å². The van der Waals surface area contributed by atoms with Crippen LogP contribution in [-0.4, -0.2) is 23.9 Å². The number of hydrogen-bond donors (Lipinski definition) is 0. The Morgan fingerprint density at radius 1 is 0.593 bits per heavy atom. The fourth-order valence-electron chi connectivity index (χ4n) is 4.66. The largest absolute Gasteiger partial charge is 0.460 e. The predicted octanol–water partition coefficient (Wildman–Crippen LogP) is 7.48. The van der Waals surface area contributed by atoms with Gasteiger partial charge >= 0.3 is 23.9 Å². The van der Waals surface area contributed by atoms with E-state index in [4.69, 9.17) is 0 Å². The van der Waals surface area contributed by atoms with E-state index in [1.165, 1.54) is 0 Å². The van der Waals surface area contributed by atoms with Gasteiger partial charge in [-0.15, -0.1) is 0 Å². The zero-order valence-electron chi connectivity index (χ0n) is 15.1. The van der Waals surface area contributed by atoms with Crippen LogP contribution in [0, 0.1) is 23.7 Å². The van der Waals surface area contributed by atoms with Crippen molar-refractivity contribution in [3.63, 3.8) is 0 Å².